The second kappa shape index (κ2) is 9.14. The van der Waals surface area contributed by atoms with Gasteiger partial charge in [-0.05, 0) is 47.3 Å². The zero-order valence-electron chi connectivity index (χ0n) is 14.9. The molecule has 0 aliphatic rings. The molecule has 0 radical (unpaired) electrons. The van der Waals surface area contributed by atoms with E-state index < -0.39 is 0 Å². The number of hydrogen-bond acceptors (Lipinski definition) is 6. The standard InChI is InChI=1S/C21H17N3OS3/c25-20(10-18-14-28-21(24-18)16-7-9-26-13-16)23-17-3-5-19(6-4-17)27-12-15-2-1-8-22-11-15/h1-9,11,13-14H,10,12H2,(H,23,25). The van der Waals surface area contributed by atoms with Gasteiger partial charge in [0.1, 0.15) is 5.01 Å². The molecule has 28 heavy (non-hydrogen) atoms. The maximum absolute atomic E-state index is 12.3. The van der Waals surface area contributed by atoms with Crippen LogP contribution in [0.1, 0.15) is 11.3 Å². The van der Waals surface area contributed by atoms with Crippen LogP contribution < -0.4 is 5.32 Å². The zero-order chi connectivity index (χ0) is 19.2. The minimum Gasteiger partial charge on any atom is -0.326 e. The molecule has 1 amide bonds. The average molecular weight is 424 g/mol. The Morgan fingerprint density at radius 2 is 2.00 bits per heavy atom. The van der Waals surface area contributed by atoms with E-state index in [1.807, 2.05) is 53.4 Å². The van der Waals surface area contributed by atoms with Crippen molar-refractivity contribution in [2.45, 2.75) is 17.1 Å². The normalized spacial score (nSPS) is 10.7. The van der Waals surface area contributed by atoms with E-state index in [0.29, 0.717) is 0 Å². The first-order chi connectivity index (χ1) is 13.8. The summed E-state index contributed by atoms with van der Waals surface area (Å²) in [5.74, 6) is 0.813. The number of thioether (sulfide) groups is 1. The van der Waals surface area contributed by atoms with Crippen molar-refractivity contribution in [3.05, 3.63) is 82.3 Å². The highest BCUT2D eigenvalue weighted by molar-refractivity contribution is 7.98. The van der Waals surface area contributed by atoms with Crippen molar-refractivity contribution in [3.63, 3.8) is 0 Å². The number of amides is 1. The lowest BCUT2D eigenvalue weighted by Crippen LogP contribution is -2.14. The van der Waals surface area contributed by atoms with Gasteiger partial charge in [-0.25, -0.2) is 4.98 Å². The highest BCUT2D eigenvalue weighted by Crippen LogP contribution is 2.26. The first-order valence-corrected chi connectivity index (χ1v) is 11.5. The summed E-state index contributed by atoms with van der Waals surface area (Å²) in [6.07, 6.45) is 3.93. The van der Waals surface area contributed by atoms with Gasteiger partial charge in [-0.1, -0.05) is 6.07 Å². The second-order valence-corrected chi connectivity index (χ2v) is 8.74. The number of aromatic nitrogens is 2. The van der Waals surface area contributed by atoms with E-state index in [1.165, 1.54) is 5.56 Å². The third kappa shape index (κ3) is 5.07. The number of thiophene rings is 1. The Morgan fingerprint density at radius 3 is 2.75 bits per heavy atom. The van der Waals surface area contributed by atoms with Crippen LogP contribution in [0.15, 0.2) is 75.9 Å². The van der Waals surface area contributed by atoms with Crippen molar-refractivity contribution in [2.24, 2.45) is 0 Å². The summed E-state index contributed by atoms with van der Waals surface area (Å²) >= 11 is 4.96. The molecule has 0 spiro atoms. The first-order valence-electron chi connectivity index (χ1n) is 8.65. The summed E-state index contributed by atoms with van der Waals surface area (Å²) in [6.45, 7) is 0. The number of anilines is 1. The van der Waals surface area contributed by atoms with E-state index >= 15 is 0 Å². The molecular formula is C21H17N3OS3. The Bertz CT molecular complexity index is 1030. The summed E-state index contributed by atoms with van der Waals surface area (Å²) in [5, 5.41) is 9.95. The summed E-state index contributed by atoms with van der Waals surface area (Å²) in [5.41, 5.74) is 3.90. The predicted molar refractivity (Wildman–Crippen MR) is 118 cm³/mol. The van der Waals surface area contributed by atoms with Gasteiger partial charge in [0.05, 0.1) is 12.1 Å². The van der Waals surface area contributed by atoms with Crippen molar-refractivity contribution in [1.82, 2.24) is 9.97 Å². The van der Waals surface area contributed by atoms with E-state index in [-0.39, 0.29) is 12.3 Å². The Kier molecular flexibility index (Phi) is 6.16. The number of carbonyl (C=O) groups is 1. The Labute approximate surface area is 175 Å². The number of carbonyl (C=O) groups excluding carboxylic acids is 1. The summed E-state index contributed by atoms with van der Waals surface area (Å²) in [4.78, 5) is 22.2. The summed E-state index contributed by atoms with van der Waals surface area (Å²) in [7, 11) is 0. The number of rotatable bonds is 7. The number of pyridine rings is 1. The van der Waals surface area contributed by atoms with E-state index in [1.54, 1.807) is 40.6 Å². The molecule has 1 N–H and O–H groups in total. The van der Waals surface area contributed by atoms with Crippen LogP contribution in [0.4, 0.5) is 5.69 Å². The molecule has 0 saturated heterocycles. The monoisotopic (exact) mass is 423 g/mol. The number of hydrogen-bond donors (Lipinski definition) is 1. The number of benzene rings is 1. The number of thiazole rings is 1. The molecule has 4 aromatic rings. The van der Waals surface area contributed by atoms with Crippen LogP contribution in [0.3, 0.4) is 0 Å². The fourth-order valence-corrected chi connectivity index (χ4v) is 4.93. The lowest BCUT2D eigenvalue weighted by Gasteiger charge is -2.06. The van der Waals surface area contributed by atoms with Gasteiger partial charge in [0, 0.05) is 45.1 Å². The molecule has 0 fully saturated rings. The van der Waals surface area contributed by atoms with Crippen molar-refractivity contribution >= 4 is 46.0 Å². The zero-order valence-corrected chi connectivity index (χ0v) is 17.3. The molecule has 140 valence electrons. The van der Waals surface area contributed by atoms with Crippen LogP contribution in [-0.2, 0) is 17.0 Å². The minimum atomic E-state index is -0.0575. The van der Waals surface area contributed by atoms with Crippen molar-refractivity contribution in [1.29, 1.82) is 0 Å². The maximum atomic E-state index is 12.3. The molecule has 0 bridgehead atoms. The lowest BCUT2D eigenvalue weighted by atomic mass is 10.3. The molecule has 0 aliphatic heterocycles. The number of nitrogens with one attached hydrogen (secondary N) is 1. The number of nitrogens with zero attached hydrogens (tertiary/aromatic N) is 2. The van der Waals surface area contributed by atoms with E-state index in [2.05, 4.69) is 26.7 Å². The minimum absolute atomic E-state index is 0.0575. The highest BCUT2D eigenvalue weighted by atomic mass is 32.2. The fourth-order valence-electron chi connectivity index (χ4n) is 2.56. The Balaban J connectivity index is 1.29. The molecule has 0 atom stereocenters. The van der Waals surface area contributed by atoms with Crippen LogP contribution in [0.25, 0.3) is 10.6 Å². The molecule has 3 aromatic heterocycles. The highest BCUT2D eigenvalue weighted by Gasteiger charge is 2.10. The summed E-state index contributed by atoms with van der Waals surface area (Å²) < 4.78 is 0. The average Bonchev–Trinajstić information content (AvgIpc) is 3.40. The van der Waals surface area contributed by atoms with Gasteiger partial charge in [0.25, 0.3) is 0 Å². The van der Waals surface area contributed by atoms with Crippen LogP contribution in [0.5, 0.6) is 0 Å². The van der Waals surface area contributed by atoms with Crippen molar-refractivity contribution < 1.29 is 4.79 Å². The summed E-state index contributed by atoms with van der Waals surface area (Å²) in [6, 6.07) is 14.0. The van der Waals surface area contributed by atoms with Crippen molar-refractivity contribution in [3.8, 4) is 10.6 Å². The second-order valence-electron chi connectivity index (χ2n) is 6.06. The van der Waals surface area contributed by atoms with Gasteiger partial charge >= 0.3 is 0 Å². The SMILES string of the molecule is O=C(Cc1csc(-c2ccsc2)n1)Nc1ccc(SCc2cccnc2)cc1. The fraction of sp³-hybridized carbons (Fsp3) is 0.0952. The molecule has 1 aromatic carbocycles. The van der Waals surface area contributed by atoms with Crippen LogP contribution >= 0.6 is 34.4 Å². The van der Waals surface area contributed by atoms with E-state index in [0.717, 1.165) is 32.6 Å². The molecule has 3 heterocycles. The molecule has 4 rings (SSSR count). The third-order valence-electron chi connectivity index (χ3n) is 3.93. The van der Waals surface area contributed by atoms with Gasteiger partial charge in [-0.15, -0.1) is 23.1 Å². The van der Waals surface area contributed by atoms with Gasteiger partial charge < -0.3 is 5.32 Å². The molecule has 0 unspecified atom stereocenters. The van der Waals surface area contributed by atoms with E-state index in [4.69, 9.17) is 0 Å². The molecule has 7 heteroatoms. The Hall–Kier alpha value is -2.48. The third-order valence-corrected chi connectivity index (χ3v) is 6.63. The van der Waals surface area contributed by atoms with Crippen LogP contribution in [0.2, 0.25) is 0 Å². The lowest BCUT2D eigenvalue weighted by molar-refractivity contribution is -0.115. The van der Waals surface area contributed by atoms with Gasteiger partial charge in [0.15, 0.2) is 0 Å². The topological polar surface area (TPSA) is 54.9 Å². The van der Waals surface area contributed by atoms with Crippen LogP contribution in [-0.4, -0.2) is 15.9 Å². The molecular weight excluding hydrogens is 406 g/mol. The van der Waals surface area contributed by atoms with Gasteiger partial charge in [0.2, 0.25) is 5.91 Å². The van der Waals surface area contributed by atoms with Gasteiger partial charge in [-0.3, -0.25) is 9.78 Å². The molecule has 0 saturated carbocycles. The van der Waals surface area contributed by atoms with Crippen molar-refractivity contribution in [2.75, 3.05) is 5.32 Å². The predicted octanol–water partition coefficient (Wildman–Crippen LogP) is 5.74. The molecule has 0 aliphatic carbocycles. The van der Waals surface area contributed by atoms with Crippen LogP contribution in [0, 0.1) is 0 Å². The first kappa shape index (κ1) is 18.9. The Morgan fingerprint density at radius 1 is 1.11 bits per heavy atom. The quantitative estimate of drug-likeness (QED) is 0.385. The van der Waals surface area contributed by atoms with Gasteiger partial charge in [-0.2, -0.15) is 11.3 Å². The largest absolute Gasteiger partial charge is 0.326 e. The smallest absolute Gasteiger partial charge is 0.230 e. The van der Waals surface area contributed by atoms with E-state index in [9.17, 15) is 4.79 Å². The maximum Gasteiger partial charge on any atom is 0.230 e. The molecule has 4 nitrogen and oxygen atoms in total.